The average molecular weight is 491 g/mol. The summed E-state index contributed by atoms with van der Waals surface area (Å²) in [6.07, 6.45) is 4.28. The summed E-state index contributed by atoms with van der Waals surface area (Å²) in [7, 11) is 1.54. The van der Waals surface area contributed by atoms with Crippen LogP contribution in [0.15, 0.2) is 45.6 Å². The number of aryl methyl sites for hydroxylation is 2. The summed E-state index contributed by atoms with van der Waals surface area (Å²) >= 11 is 0. The second-order valence-electron chi connectivity index (χ2n) is 9.00. The first kappa shape index (κ1) is 23.7. The Balaban J connectivity index is 1.33. The largest absolute Gasteiger partial charge is 0.497 e. The van der Waals surface area contributed by atoms with Crippen molar-refractivity contribution in [2.45, 2.75) is 52.0 Å². The molecule has 3 heterocycles. The normalized spacial score (nSPS) is 13.3. The standard InChI is InChI=1S/C27H27FN4O4/c1-16-19-9-8-18(35-2)15-23(19)36-27(34)20(16)10-12-25(33)29-22-14-17(7-11-21(22)28)26-31-30-24-6-4-3-5-13-32(24)26/h7-9,11,14-15H,3-6,10,12-13H2,1-2H3,(H,29,33). The van der Waals surface area contributed by atoms with Gasteiger partial charge in [0.2, 0.25) is 5.91 Å². The van der Waals surface area contributed by atoms with Gasteiger partial charge in [-0.25, -0.2) is 9.18 Å². The van der Waals surface area contributed by atoms with Gasteiger partial charge in [0.15, 0.2) is 5.82 Å². The van der Waals surface area contributed by atoms with Crippen LogP contribution >= 0.6 is 0 Å². The van der Waals surface area contributed by atoms with Gasteiger partial charge in [-0.05, 0) is 62.1 Å². The van der Waals surface area contributed by atoms with Crippen LogP contribution in [0.5, 0.6) is 5.75 Å². The van der Waals surface area contributed by atoms with Gasteiger partial charge in [-0.3, -0.25) is 4.79 Å². The average Bonchev–Trinajstić information content (AvgIpc) is 3.12. The predicted molar refractivity (Wildman–Crippen MR) is 134 cm³/mol. The van der Waals surface area contributed by atoms with Crippen LogP contribution in [0, 0.1) is 12.7 Å². The van der Waals surface area contributed by atoms with Crippen molar-refractivity contribution in [1.29, 1.82) is 0 Å². The molecule has 2 aromatic heterocycles. The Labute approximate surface area is 207 Å². The lowest BCUT2D eigenvalue weighted by Gasteiger charge is -2.11. The minimum Gasteiger partial charge on any atom is -0.497 e. The molecule has 1 N–H and O–H groups in total. The Bertz CT molecular complexity index is 1510. The summed E-state index contributed by atoms with van der Waals surface area (Å²) in [6, 6.07) is 9.81. The monoisotopic (exact) mass is 490 g/mol. The van der Waals surface area contributed by atoms with Gasteiger partial charge in [0.25, 0.3) is 0 Å². The summed E-state index contributed by atoms with van der Waals surface area (Å²) in [5.74, 6) is 1.24. The molecule has 0 radical (unpaired) electrons. The first-order valence-electron chi connectivity index (χ1n) is 12.1. The molecule has 9 heteroatoms. The van der Waals surface area contributed by atoms with E-state index in [0.717, 1.165) is 49.0 Å². The van der Waals surface area contributed by atoms with E-state index in [2.05, 4.69) is 20.1 Å². The number of amides is 1. The number of ether oxygens (including phenoxy) is 1. The summed E-state index contributed by atoms with van der Waals surface area (Å²) in [5, 5.41) is 12.0. The van der Waals surface area contributed by atoms with Crippen molar-refractivity contribution in [3.63, 3.8) is 0 Å². The minimum absolute atomic E-state index is 0.00272. The highest BCUT2D eigenvalue weighted by Crippen LogP contribution is 2.27. The maximum absolute atomic E-state index is 14.6. The van der Waals surface area contributed by atoms with Gasteiger partial charge in [0.05, 0.1) is 12.8 Å². The van der Waals surface area contributed by atoms with Crippen molar-refractivity contribution < 1.29 is 18.3 Å². The Morgan fingerprint density at radius 1 is 1.17 bits per heavy atom. The number of carbonyl (C=O) groups is 1. The lowest BCUT2D eigenvalue weighted by Crippen LogP contribution is -2.17. The molecule has 0 unspecified atom stereocenters. The first-order valence-corrected chi connectivity index (χ1v) is 12.1. The van der Waals surface area contributed by atoms with Crippen LogP contribution in [0.2, 0.25) is 0 Å². The number of carbonyl (C=O) groups excluding carboxylic acids is 1. The summed E-state index contributed by atoms with van der Waals surface area (Å²) in [6.45, 7) is 2.64. The number of anilines is 1. The van der Waals surface area contributed by atoms with Gasteiger partial charge in [-0.1, -0.05) is 6.42 Å². The smallest absolute Gasteiger partial charge is 0.339 e. The quantitative estimate of drug-likeness (QED) is 0.390. The van der Waals surface area contributed by atoms with Crippen molar-refractivity contribution in [1.82, 2.24) is 14.8 Å². The first-order chi connectivity index (χ1) is 17.4. The van der Waals surface area contributed by atoms with Crippen LogP contribution in [0.3, 0.4) is 0 Å². The number of nitrogens with one attached hydrogen (secondary N) is 1. The van der Waals surface area contributed by atoms with E-state index in [0.29, 0.717) is 28.3 Å². The highest BCUT2D eigenvalue weighted by Gasteiger charge is 2.18. The fourth-order valence-electron chi connectivity index (χ4n) is 4.70. The topological polar surface area (TPSA) is 99.2 Å². The Morgan fingerprint density at radius 2 is 2.03 bits per heavy atom. The fourth-order valence-corrected chi connectivity index (χ4v) is 4.70. The van der Waals surface area contributed by atoms with E-state index in [4.69, 9.17) is 9.15 Å². The molecule has 5 rings (SSSR count). The zero-order chi connectivity index (χ0) is 25.2. The van der Waals surface area contributed by atoms with Crippen molar-refractivity contribution >= 4 is 22.6 Å². The zero-order valence-electron chi connectivity index (χ0n) is 20.3. The number of aromatic nitrogens is 3. The number of hydrogen-bond donors (Lipinski definition) is 1. The van der Waals surface area contributed by atoms with Crippen molar-refractivity contribution in [2.24, 2.45) is 0 Å². The number of halogens is 1. The number of fused-ring (bicyclic) bond motifs is 2. The van der Waals surface area contributed by atoms with Crippen LogP contribution in [0.4, 0.5) is 10.1 Å². The van der Waals surface area contributed by atoms with E-state index in [1.54, 1.807) is 31.4 Å². The minimum atomic E-state index is -0.543. The third-order valence-electron chi connectivity index (χ3n) is 6.70. The second kappa shape index (κ2) is 9.93. The summed E-state index contributed by atoms with van der Waals surface area (Å²) < 4.78 is 27.3. The molecule has 0 aliphatic carbocycles. The van der Waals surface area contributed by atoms with Crippen LogP contribution in [0.1, 0.15) is 42.6 Å². The van der Waals surface area contributed by atoms with E-state index in [-0.39, 0.29) is 18.5 Å². The Morgan fingerprint density at radius 3 is 2.86 bits per heavy atom. The lowest BCUT2D eigenvalue weighted by atomic mass is 10.0. The number of methoxy groups -OCH3 is 1. The molecule has 4 aromatic rings. The molecule has 0 saturated carbocycles. The maximum Gasteiger partial charge on any atom is 0.339 e. The van der Waals surface area contributed by atoms with Crippen LogP contribution < -0.4 is 15.7 Å². The molecule has 186 valence electrons. The molecule has 0 spiro atoms. The van der Waals surface area contributed by atoms with Crippen LogP contribution in [-0.2, 0) is 24.2 Å². The van der Waals surface area contributed by atoms with Crippen LogP contribution in [-0.4, -0.2) is 27.8 Å². The Hall–Kier alpha value is -4.01. The highest BCUT2D eigenvalue weighted by molar-refractivity contribution is 5.92. The summed E-state index contributed by atoms with van der Waals surface area (Å²) in [5.41, 5.74) is 1.85. The molecule has 0 bridgehead atoms. The van der Waals surface area contributed by atoms with Gasteiger partial charge < -0.3 is 19.0 Å². The molecule has 1 aliphatic heterocycles. The van der Waals surface area contributed by atoms with E-state index < -0.39 is 17.3 Å². The van der Waals surface area contributed by atoms with Gasteiger partial charge in [-0.2, -0.15) is 0 Å². The van der Waals surface area contributed by atoms with Crippen molar-refractivity contribution in [2.75, 3.05) is 12.4 Å². The third-order valence-corrected chi connectivity index (χ3v) is 6.70. The van der Waals surface area contributed by atoms with E-state index >= 15 is 0 Å². The highest BCUT2D eigenvalue weighted by atomic mass is 19.1. The van der Waals surface area contributed by atoms with Gasteiger partial charge in [0, 0.05) is 42.0 Å². The molecule has 0 saturated heterocycles. The molecular weight excluding hydrogens is 463 g/mol. The van der Waals surface area contributed by atoms with Gasteiger partial charge >= 0.3 is 5.63 Å². The zero-order valence-corrected chi connectivity index (χ0v) is 20.3. The predicted octanol–water partition coefficient (Wildman–Crippen LogP) is 4.81. The molecule has 8 nitrogen and oxygen atoms in total. The molecule has 36 heavy (non-hydrogen) atoms. The fraction of sp³-hybridized carbons (Fsp3) is 0.333. The number of rotatable bonds is 6. The SMILES string of the molecule is COc1ccc2c(C)c(CCC(=O)Nc3cc(-c4nnc5n4CCCCC5)ccc3F)c(=O)oc2c1. The maximum atomic E-state index is 14.6. The Kier molecular flexibility index (Phi) is 6.54. The molecule has 0 fully saturated rings. The molecule has 2 aromatic carbocycles. The number of benzene rings is 2. The lowest BCUT2D eigenvalue weighted by molar-refractivity contribution is -0.116. The van der Waals surface area contributed by atoms with E-state index in [9.17, 15) is 14.0 Å². The number of hydrogen-bond acceptors (Lipinski definition) is 6. The van der Waals surface area contributed by atoms with E-state index in [1.165, 1.54) is 6.07 Å². The molecule has 1 aliphatic rings. The van der Waals surface area contributed by atoms with Crippen LogP contribution in [0.25, 0.3) is 22.4 Å². The number of nitrogens with zero attached hydrogens (tertiary/aromatic N) is 3. The van der Waals surface area contributed by atoms with Crippen molar-refractivity contribution in [3.05, 3.63) is 69.6 Å². The van der Waals surface area contributed by atoms with E-state index in [1.807, 2.05) is 13.0 Å². The second-order valence-corrected chi connectivity index (χ2v) is 9.00. The van der Waals surface area contributed by atoms with Crippen molar-refractivity contribution in [3.8, 4) is 17.1 Å². The molecule has 1 amide bonds. The molecular formula is C27H27FN4O4. The third kappa shape index (κ3) is 4.60. The summed E-state index contributed by atoms with van der Waals surface area (Å²) in [4.78, 5) is 25.3. The van der Waals surface area contributed by atoms with Gasteiger partial charge in [-0.15, -0.1) is 10.2 Å². The van der Waals surface area contributed by atoms with Gasteiger partial charge in [0.1, 0.15) is 23.0 Å². The molecule has 0 atom stereocenters.